The van der Waals surface area contributed by atoms with Gasteiger partial charge in [-0.15, -0.1) is 0 Å². The molecule has 2 aliphatic heterocycles. The Morgan fingerprint density at radius 3 is 2.70 bits per heavy atom. The van der Waals surface area contributed by atoms with Crippen LogP contribution in [0.3, 0.4) is 0 Å². The second-order valence-electron chi connectivity index (χ2n) is 8.36. The number of rotatable bonds is 2. The summed E-state index contributed by atoms with van der Waals surface area (Å²) in [4.78, 5) is 27.5. The largest absolute Gasteiger partial charge is 0.479 e. The van der Waals surface area contributed by atoms with Crippen molar-refractivity contribution in [1.29, 1.82) is 0 Å². The molecule has 146 valence electrons. The van der Waals surface area contributed by atoms with Gasteiger partial charge in [0.2, 0.25) is 11.8 Å². The summed E-state index contributed by atoms with van der Waals surface area (Å²) in [6, 6.07) is 0.124. The number of carbonyl (C=O) groups is 1. The molecule has 0 unspecified atom stereocenters. The van der Waals surface area contributed by atoms with Crippen LogP contribution < -0.4 is 10.5 Å². The van der Waals surface area contributed by atoms with Gasteiger partial charge in [0.1, 0.15) is 5.60 Å². The first-order valence-corrected chi connectivity index (χ1v) is 9.30. The molecular weight excluding hydrogens is 348 g/mol. The Kier molecular flexibility index (Phi) is 4.12. The number of fused-ring (bicyclic) bond motifs is 4. The molecule has 2 N–H and O–H groups in total. The molecule has 9 heteroatoms. The first-order valence-electron chi connectivity index (χ1n) is 9.30. The predicted molar refractivity (Wildman–Crippen MR) is 99.4 cm³/mol. The number of piperidine rings is 2. The average Bonchev–Trinajstić information content (AvgIpc) is 3.03. The van der Waals surface area contributed by atoms with Crippen LogP contribution in [0.15, 0.2) is 6.33 Å². The van der Waals surface area contributed by atoms with Crippen molar-refractivity contribution in [2.75, 3.05) is 19.4 Å². The highest BCUT2D eigenvalue weighted by Crippen LogP contribution is 2.43. The number of hydrogen-bond donors (Lipinski definition) is 1. The SMILES string of the molecule is COc1nc(N)nc2c1ncn2[C@@H]1C[C@@H]2CC[C@H]1N(C(=O)OC(C)(C)C)C2. The second kappa shape index (κ2) is 6.24. The number of nitrogens with two attached hydrogens (primary N) is 1. The van der Waals surface area contributed by atoms with Crippen LogP contribution in [-0.2, 0) is 4.74 Å². The zero-order valence-corrected chi connectivity index (χ0v) is 16.2. The molecule has 9 nitrogen and oxygen atoms in total. The van der Waals surface area contributed by atoms with Gasteiger partial charge in [-0.2, -0.15) is 9.97 Å². The molecule has 3 fully saturated rings. The molecule has 2 aromatic rings. The maximum atomic E-state index is 12.8. The van der Waals surface area contributed by atoms with E-state index in [4.69, 9.17) is 15.2 Å². The molecular formula is C18H26N6O3. The van der Waals surface area contributed by atoms with E-state index in [2.05, 4.69) is 15.0 Å². The van der Waals surface area contributed by atoms with Crippen LogP contribution in [0.2, 0.25) is 0 Å². The van der Waals surface area contributed by atoms with Crippen molar-refractivity contribution in [3.05, 3.63) is 6.33 Å². The molecule has 4 heterocycles. The van der Waals surface area contributed by atoms with Crippen LogP contribution in [0.4, 0.5) is 10.7 Å². The fourth-order valence-electron chi connectivity index (χ4n) is 4.28. The number of nitrogen functional groups attached to an aromatic ring is 1. The van der Waals surface area contributed by atoms with Crippen molar-refractivity contribution in [1.82, 2.24) is 24.4 Å². The monoisotopic (exact) mass is 374 g/mol. The van der Waals surface area contributed by atoms with Crippen LogP contribution in [0.25, 0.3) is 11.2 Å². The lowest BCUT2D eigenvalue weighted by Crippen LogP contribution is -2.56. The van der Waals surface area contributed by atoms with Gasteiger partial charge >= 0.3 is 6.09 Å². The van der Waals surface area contributed by atoms with E-state index in [9.17, 15) is 4.79 Å². The van der Waals surface area contributed by atoms with E-state index in [1.165, 1.54) is 7.11 Å². The zero-order chi connectivity index (χ0) is 19.3. The highest BCUT2D eigenvalue weighted by molar-refractivity contribution is 5.77. The number of hydrogen-bond acceptors (Lipinski definition) is 7. The number of amides is 1. The van der Waals surface area contributed by atoms with Crippen molar-refractivity contribution < 1.29 is 14.3 Å². The van der Waals surface area contributed by atoms with Crippen molar-refractivity contribution in [2.45, 2.75) is 57.7 Å². The van der Waals surface area contributed by atoms with Crippen LogP contribution >= 0.6 is 0 Å². The molecule has 5 rings (SSSR count). The summed E-state index contributed by atoms with van der Waals surface area (Å²) >= 11 is 0. The van der Waals surface area contributed by atoms with Gasteiger partial charge in [0.05, 0.1) is 25.5 Å². The molecule has 3 atom stereocenters. The van der Waals surface area contributed by atoms with Crippen molar-refractivity contribution in [3.8, 4) is 5.88 Å². The van der Waals surface area contributed by atoms with Gasteiger partial charge in [-0.3, -0.25) is 0 Å². The molecule has 0 aromatic carbocycles. The number of anilines is 1. The van der Waals surface area contributed by atoms with E-state index in [0.29, 0.717) is 23.0 Å². The number of ether oxygens (including phenoxy) is 2. The molecule has 1 saturated carbocycles. The lowest BCUT2D eigenvalue weighted by atomic mass is 9.76. The third-order valence-corrected chi connectivity index (χ3v) is 5.33. The standard InChI is InChI=1S/C18H26N6O3/c1-18(2,3)27-17(25)23-8-10-5-6-11(23)12(7-10)24-9-20-13-14(24)21-16(19)22-15(13)26-4/h9-12H,5-8H2,1-4H3,(H2,19,21,22)/t10-,11+,12+/m0/s1. The number of methoxy groups -OCH3 is 1. The smallest absolute Gasteiger partial charge is 0.410 e. The van der Waals surface area contributed by atoms with E-state index < -0.39 is 5.60 Å². The topological polar surface area (TPSA) is 108 Å². The second-order valence-corrected chi connectivity index (χ2v) is 8.36. The predicted octanol–water partition coefficient (Wildman–Crippen LogP) is 2.38. The maximum absolute atomic E-state index is 12.8. The average molecular weight is 374 g/mol. The van der Waals surface area contributed by atoms with Gasteiger partial charge in [-0.25, -0.2) is 9.78 Å². The molecule has 1 amide bonds. The van der Waals surface area contributed by atoms with Gasteiger partial charge in [0, 0.05) is 6.54 Å². The Bertz CT molecular complexity index is 874. The van der Waals surface area contributed by atoms with Crippen LogP contribution in [-0.4, -0.2) is 55.8 Å². The van der Waals surface area contributed by atoms with E-state index in [1.54, 1.807) is 6.33 Å². The van der Waals surface area contributed by atoms with Crippen LogP contribution in [0, 0.1) is 5.92 Å². The minimum Gasteiger partial charge on any atom is -0.479 e. The molecule has 2 aromatic heterocycles. The number of aromatic nitrogens is 4. The van der Waals surface area contributed by atoms with E-state index in [0.717, 1.165) is 25.8 Å². The number of nitrogens with zero attached hydrogens (tertiary/aromatic N) is 5. The van der Waals surface area contributed by atoms with Crippen molar-refractivity contribution >= 4 is 23.2 Å². The van der Waals surface area contributed by atoms with E-state index in [1.807, 2.05) is 30.2 Å². The highest BCUT2D eigenvalue weighted by atomic mass is 16.6. The molecule has 2 saturated heterocycles. The zero-order valence-electron chi connectivity index (χ0n) is 16.2. The maximum Gasteiger partial charge on any atom is 0.410 e. The Balaban J connectivity index is 1.69. The summed E-state index contributed by atoms with van der Waals surface area (Å²) in [5, 5.41) is 0. The fourth-order valence-corrected chi connectivity index (χ4v) is 4.28. The lowest BCUT2D eigenvalue weighted by Gasteiger charge is -2.49. The van der Waals surface area contributed by atoms with Crippen molar-refractivity contribution in [2.24, 2.45) is 5.92 Å². The quantitative estimate of drug-likeness (QED) is 0.859. The summed E-state index contributed by atoms with van der Waals surface area (Å²) < 4.78 is 12.9. The lowest BCUT2D eigenvalue weighted by molar-refractivity contribution is -0.0283. The molecule has 3 aliphatic rings. The van der Waals surface area contributed by atoms with Crippen LogP contribution in [0.5, 0.6) is 5.88 Å². The molecule has 2 bridgehead atoms. The van der Waals surface area contributed by atoms with Gasteiger partial charge in [0.25, 0.3) is 0 Å². The summed E-state index contributed by atoms with van der Waals surface area (Å²) in [5.74, 6) is 0.943. The summed E-state index contributed by atoms with van der Waals surface area (Å²) in [5.41, 5.74) is 6.56. The van der Waals surface area contributed by atoms with Gasteiger partial charge in [-0.1, -0.05) is 0 Å². The minimum atomic E-state index is -0.514. The van der Waals surface area contributed by atoms with Gasteiger partial charge < -0.3 is 24.7 Å². The summed E-state index contributed by atoms with van der Waals surface area (Å²) in [7, 11) is 1.53. The minimum absolute atomic E-state index is 0.0458. The Morgan fingerprint density at radius 2 is 2.04 bits per heavy atom. The summed E-state index contributed by atoms with van der Waals surface area (Å²) in [6.45, 7) is 6.41. The normalized spacial score (nSPS) is 25.0. The molecule has 27 heavy (non-hydrogen) atoms. The van der Waals surface area contributed by atoms with Crippen LogP contribution in [0.1, 0.15) is 46.1 Å². The van der Waals surface area contributed by atoms with Gasteiger partial charge in [0.15, 0.2) is 11.2 Å². The summed E-state index contributed by atoms with van der Waals surface area (Å²) in [6.07, 6.45) is 4.53. The Hall–Kier alpha value is -2.58. The molecule has 1 aliphatic carbocycles. The number of carbonyl (C=O) groups excluding carboxylic acids is 1. The van der Waals surface area contributed by atoms with Crippen molar-refractivity contribution in [3.63, 3.8) is 0 Å². The van der Waals surface area contributed by atoms with E-state index >= 15 is 0 Å². The fraction of sp³-hybridized carbons (Fsp3) is 0.667. The Morgan fingerprint density at radius 1 is 1.26 bits per heavy atom. The first kappa shape index (κ1) is 17.8. The van der Waals surface area contributed by atoms with E-state index in [-0.39, 0.29) is 24.1 Å². The highest BCUT2D eigenvalue weighted by Gasteiger charge is 2.45. The molecule has 0 spiro atoms. The first-order chi connectivity index (χ1) is 12.8. The number of imidazole rings is 1. The Labute approximate surface area is 157 Å². The third-order valence-electron chi connectivity index (χ3n) is 5.33. The molecule has 0 radical (unpaired) electrons. The van der Waals surface area contributed by atoms with Gasteiger partial charge in [-0.05, 0) is 46.0 Å². The third kappa shape index (κ3) is 3.15.